The fourth-order valence-corrected chi connectivity index (χ4v) is 3.54. The van der Waals surface area contributed by atoms with E-state index >= 15 is 0 Å². The lowest BCUT2D eigenvalue weighted by molar-refractivity contribution is -0.146. The molecular weight excluding hydrogens is 364 g/mol. The molecule has 1 aliphatic heterocycles. The summed E-state index contributed by atoms with van der Waals surface area (Å²) in [4.78, 5) is 14.9. The van der Waals surface area contributed by atoms with E-state index in [1.807, 2.05) is 53.4 Å². The molecule has 0 saturated carbocycles. The van der Waals surface area contributed by atoms with Crippen LogP contribution in [0.5, 0.6) is 5.75 Å². The third-order valence-electron chi connectivity index (χ3n) is 4.77. The molecule has 1 N–H and O–H groups in total. The minimum absolute atomic E-state index is 0.0238. The fourth-order valence-electron chi connectivity index (χ4n) is 3.28. The van der Waals surface area contributed by atoms with Gasteiger partial charge in [-0.2, -0.15) is 0 Å². The number of nitrogens with zero attached hydrogens (tertiary/aromatic N) is 1. The quantitative estimate of drug-likeness (QED) is 0.823. The largest absolute Gasteiger partial charge is 0.497 e. The van der Waals surface area contributed by atoms with Gasteiger partial charge in [0.2, 0.25) is 0 Å². The molecule has 0 aromatic heterocycles. The zero-order valence-electron chi connectivity index (χ0n) is 15.7. The summed E-state index contributed by atoms with van der Waals surface area (Å²) in [7, 11) is 1.63. The van der Waals surface area contributed by atoms with Crippen LogP contribution < -0.4 is 10.1 Å². The molecule has 0 aliphatic carbocycles. The lowest BCUT2D eigenvalue weighted by Gasteiger charge is -2.38. The lowest BCUT2D eigenvalue weighted by Crippen LogP contribution is -2.51. The number of nitrogens with one attached hydrogen (secondary N) is 1. The van der Waals surface area contributed by atoms with Crippen molar-refractivity contribution in [3.05, 3.63) is 64.7 Å². The first-order valence-corrected chi connectivity index (χ1v) is 9.48. The van der Waals surface area contributed by atoms with Crippen LogP contribution in [0.25, 0.3) is 0 Å². The van der Waals surface area contributed by atoms with Gasteiger partial charge in [0.15, 0.2) is 0 Å². The SMILES string of the molecule is COc1cccc(COC(C)C(=O)N2CCNCC2c2ccccc2Cl)c1. The van der Waals surface area contributed by atoms with Crippen molar-refractivity contribution in [3.8, 4) is 5.75 Å². The Morgan fingerprint density at radius 1 is 1.30 bits per heavy atom. The third kappa shape index (κ3) is 4.80. The van der Waals surface area contributed by atoms with Crippen LogP contribution in [-0.2, 0) is 16.1 Å². The second-order valence-corrected chi connectivity index (χ2v) is 6.99. The van der Waals surface area contributed by atoms with Crippen LogP contribution in [0.1, 0.15) is 24.1 Å². The maximum atomic E-state index is 13.0. The predicted molar refractivity (Wildman–Crippen MR) is 106 cm³/mol. The van der Waals surface area contributed by atoms with E-state index in [4.69, 9.17) is 21.1 Å². The maximum Gasteiger partial charge on any atom is 0.252 e. The van der Waals surface area contributed by atoms with Crippen molar-refractivity contribution < 1.29 is 14.3 Å². The van der Waals surface area contributed by atoms with Crippen LogP contribution in [0.4, 0.5) is 0 Å². The molecule has 1 fully saturated rings. The van der Waals surface area contributed by atoms with Crippen LogP contribution in [-0.4, -0.2) is 43.7 Å². The van der Waals surface area contributed by atoms with Crippen molar-refractivity contribution in [1.29, 1.82) is 0 Å². The summed E-state index contributed by atoms with van der Waals surface area (Å²) < 4.78 is 11.1. The number of rotatable bonds is 6. The highest BCUT2D eigenvalue weighted by Gasteiger charge is 2.32. The van der Waals surface area contributed by atoms with Gasteiger partial charge >= 0.3 is 0 Å². The lowest BCUT2D eigenvalue weighted by atomic mass is 10.0. The molecule has 2 aromatic rings. The number of halogens is 1. The van der Waals surface area contributed by atoms with Crippen molar-refractivity contribution >= 4 is 17.5 Å². The summed E-state index contributed by atoms with van der Waals surface area (Å²) in [5, 5.41) is 4.02. The van der Waals surface area contributed by atoms with Crippen LogP contribution in [0.3, 0.4) is 0 Å². The molecule has 0 radical (unpaired) electrons. The number of ether oxygens (including phenoxy) is 2. The molecule has 1 aliphatic rings. The number of methoxy groups -OCH3 is 1. The number of amides is 1. The molecule has 3 rings (SSSR count). The summed E-state index contributed by atoms with van der Waals surface area (Å²) in [6.07, 6.45) is -0.542. The van der Waals surface area contributed by atoms with Crippen molar-refractivity contribution in [2.45, 2.75) is 25.7 Å². The molecule has 0 bridgehead atoms. The van der Waals surface area contributed by atoms with E-state index in [0.29, 0.717) is 24.7 Å². The molecule has 144 valence electrons. The Morgan fingerprint density at radius 2 is 2.11 bits per heavy atom. The van der Waals surface area contributed by atoms with Gasteiger partial charge in [-0.3, -0.25) is 4.79 Å². The molecule has 1 heterocycles. The summed E-state index contributed by atoms with van der Waals surface area (Å²) in [6.45, 7) is 4.22. The molecule has 2 atom stereocenters. The van der Waals surface area contributed by atoms with Gasteiger partial charge in [-0.25, -0.2) is 0 Å². The zero-order valence-corrected chi connectivity index (χ0v) is 16.4. The molecule has 6 heteroatoms. The minimum Gasteiger partial charge on any atom is -0.497 e. The summed E-state index contributed by atoms with van der Waals surface area (Å²) in [5.41, 5.74) is 1.93. The highest BCUT2D eigenvalue weighted by atomic mass is 35.5. The van der Waals surface area contributed by atoms with Gasteiger partial charge in [-0.05, 0) is 36.2 Å². The minimum atomic E-state index is -0.542. The van der Waals surface area contributed by atoms with Crippen molar-refractivity contribution in [1.82, 2.24) is 10.2 Å². The first-order chi connectivity index (χ1) is 13.1. The van der Waals surface area contributed by atoms with Crippen LogP contribution in [0, 0.1) is 0 Å². The number of hydrogen-bond acceptors (Lipinski definition) is 4. The maximum absolute atomic E-state index is 13.0. The molecule has 27 heavy (non-hydrogen) atoms. The molecule has 0 spiro atoms. The molecular formula is C21H25ClN2O3. The topological polar surface area (TPSA) is 50.8 Å². The van der Waals surface area contributed by atoms with E-state index in [1.54, 1.807) is 14.0 Å². The number of carbonyl (C=O) groups is 1. The Kier molecular flexibility index (Phi) is 6.72. The van der Waals surface area contributed by atoms with Gasteiger partial charge in [0.05, 0.1) is 19.8 Å². The highest BCUT2D eigenvalue weighted by Crippen LogP contribution is 2.29. The van der Waals surface area contributed by atoms with Gasteiger partial charge < -0.3 is 19.7 Å². The average molecular weight is 389 g/mol. The van der Waals surface area contributed by atoms with E-state index in [9.17, 15) is 4.79 Å². The molecule has 5 nitrogen and oxygen atoms in total. The summed E-state index contributed by atoms with van der Waals surface area (Å²) in [5.74, 6) is 0.750. The van der Waals surface area contributed by atoms with E-state index in [1.165, 1.54) is 0 Å². The Morgan fingerprint density at radius 3 is 2.89 bits per heavy atom. The van der Waals surface area contributed by atoms with Gasteiger partial charge in [-0.15, -0.1) is 0 Å². The normalized spacial score (nSPS) is 18.2. The molecule has 2 aromatic carbocycles. The van der Waals surface area contributed by atoms with Crippen molar-refractivity contribution in [3.63, 3.8) is 0 Å². The predicted octanol–water partition coefficient (Wildman–Crippen LogP) is 3.43. The first kappa shape index (κ1) is 19.7. The second-order valence-electron chi connectivity index (χ2n) is 6.58. The van der Waals surface area contributed by atoms with Gasteiger partial charge in [0.25, 0.3) is 5.91 Å². The Labute approximate surface area is 165 Å². The number of piperazine rings is 1. The van der Waals surface area contributed by atoms with Crippen LogP contribution in [0.15, 0.2) is 48.5 Å². The van der Waals surface area contributed by atoms with Crippen molar-refractivity contribution in [2.75, 3.05) is 26.7 Å². The summed E-state index contributed by atoms with van der Waals surface area (Å²) >= 11 is 6.37. The van der Waals surface area contributed by atoms with E-state index in [-0.39, 0.29) is 11.9 Å². The number of hydrogen-bond donors (Lipinski definition) is 1. The average Bonchev–Trinajstić information content (AvgIpc) is 2.72. The standard InChI is InChI=1S/C21H25ClN2O3/c1-15(27-14-16-6-5-7-17(12-16)26-2)21(25)24-11-10-23-13-20(24)18-8-3-4-9-19(18)22/h3-9,12,15,20,23H,10-11,13-14H2,1-2H3. The van der Waals surface area contributed by atoms with Gasteiger partial charge in [-0.1, -0.05) is 41.9 Å². The Bertz CT molecular complexity index is 784. The van der Waals surface area contributed by atoms with E-state index in [2.05, 4.69) is 5.32 Å². The zero-order chi connectivity index (χ0) is 19.2. The third-order valence-corrected chi connectivity index (χ3v) is 5.12. The van der Waals surface area contributed by atoms with Gasteiger partial charge in [0.1, 0.15) is 11.9 Å². The first-order valence-electron chi connectivity index (χ1n) is 9.10. The van der Waals surface area contributed by atoms with E-state index < -0.39 is 6.10 Å². The smallest absolute Gasteiger partial charge is 0.252 e. The Balaban J connectivity index is 1.67. The highest BCUT2D eigenvalue weighted by molar-refractivity contribution is 6.31. The second kappa shape index (κ2) is 9.22. The number of carbonyl (C=O) groups excluding carboxylic acids is 1. The van der Waals surface area contributed by atoms with Crippen LogP contribution >= 0.6 is 11.6 Å². The molecule has 1 amide bonds. The van der Waals surface area contributed by atoms with E-state index in [0.717, 1.165) is 23.4 Å². The van der Waals surface area contributed by atoms with Crippen LogP contribution in [0.2, 0.25) is 5.02 Å². The fraction of sp³-hybridized carbons (Fsp3) is 0.381. The number of benzene rings is 2. The molecule has 1 saturated heterocycles. The van der Waals surface area contributed by atoms with Gasteiger partial charge in [0, 0.05) is 24.7 Å². The Hall–Kier alpha value is -2.08. The molecule has 2 unspecified atom stereocenters. The van der Waals surface area contributed by atoms with Crippen molar-refractivity contribution in [2.24, 2.45) is 0 Å². The monoisotopic (exact) mass is 388 g/mol. The summed E-state index contributed by atoms with van der Waals surface area (Å²) in [6, 6.07) is 15.2.